The van der Waals surface area contributed by atoms with Gasteiger partial charge in [0.05, 0.1) is 45.0 Å². The Kier molecular flexibility index (Phi) is 8.78. The maximum absolute atomic E-state index is 7.21. The van der Waals surface area contributed by atoms with Crippen LogP contribution in [-0.4, -0.2) is 28.1 Å². The summed E-state index contributed by atoms with van der Waals surface area (Å²) in [6.07, 6.45) is 0. The van der Waals surface area contributed by atoms with Crippen molar-refractivity contribution in [1.29, 1.82) is 0 Å². The minimum Gasteiger partial charge on any atom is -0.497 e. The Morgan fingerprint density at radius 2 is 1.00 bits per heavy atom. The van der Waals surface area contributed by atoms with Crippen molar-refractivity contribution in [3.05, 3.63) is 189 Å². The second kappa shape index (κ2) is 13.7. The standard InChI is InChI=1S/C43H29Cl3N4O/c1-51-31-26-24-30(25-27-31)41-40(32-18-8-11-21-35(32)44)47-42(33-19-9-12-22-36(33)45)50(41)43(34-20-10-13-23-37(34)46)48-38(28-14-4-2-5-15-28)39(49-43)29-16-6-3-7-17-29/h2-27H,1H3. The average molecular weight is 724 g/mol. The Hall–Kier alpha value is -5.46. The maximum atomic E-state index is 7.21. The molecular formula is C43H29Cl3N4O. The van der Waals surface area contributed by atoms with Gasteiger partial charge >= 0.3 is 0 Å². The zero-order chi connectivity index (χ0) is 35.0. The van der Waals surface area contributed by atoms with Crippen molar-refractivity contribution in [2.45, 2.75) is 5.79 Å². The maximum Gasteiger partial charge on any atom is 0.263 e. The van der Waals surface area contributed by atoms with Crippen LogP contribution in [0.4, 0.5) is 0 Å². The smallest absolute Gasteiger partial charge is 0.263 e. The van der Waals surface area contributed by atoms with Crippen LogP contribution >= 0.6 is 34.8 Å². The zero-order valence-electron chi connectivity index (χ0n) is 27.3. The molecule has 8 rings (SSSR count). The minimum absolute atomic E-state index is 0.491. The van der Waals surface area contributed by atoms with Crippen molar-refractivity contribution >= 4 is 46.2 Å². The molecule has 1 aliphatic rings. The van der Waals surface area contributed by atoms with Crippen LogP contribution in [0.15, 0.2) is 168 Å². The minimum atomic E-state index is -1.50. The fraction of sp³-hybridized carbons (Fsp3) is 0.0465. The molecule has 0 bridgehead atoms. The molecule has 6 aromatic carbocycles. The second-order valence-corrected chi connectivity index (χ2v) is 13.1. The third-order valence-electron chi connectivity index (χ3n) is 8.89. The van der Waals surface area contributed by atoms with Crippen LogP contribution in [0.2, 0.25) is 15.1 Å². The number of ether oxygens (including phenoxy) is 1. The van der Waals surface area contributed by atoms with E-state index in [-0.39, 0.29) is 0 Å². The van der Waals surface area contributed by atoms with Gasteiger partial charge in [-0.2, -0.15) is 0 Å². The average Bonchev–Trinajstić information content (AvgIpc) is 3.77. The van der Waals surface area contributed by atoms with Crippen LogP contribution in [0.25, 0.3) is 33.9 Å². The number of imidazole rings is 1. The van der Waals surface area contributed by atoms with Gasteiger partial charge in [-0.25, -0.2) is 15.0 Å². The molecule has 0 aliphatic carbocycles. The van der Waals surface area contributed by atoms with Gasteiger partial charge in [0.1, 0.15) is 11.6 Å². The van der Waals surface area contributed by atoms with E-state index in [0.29, 0.717) is 54.9 Å². The number of aliphatic imine (C=N–C) groups is 2. The number of methoxy groups -OCH3 is 1. The van der Waals surface area contributed by atoms with Gasteiger partial charge in [0.2, 0.25) is 0 Å². The van der Waals surface area contributed by atoms with Gasteiger partial charge in [0.15, 0.2) is 0 Å². The Balaban J connectivity index is 1.59. The van der Waals surface area contributed by atoms with Gasteiger partial charge in [0.25, 0.3) is 5.79 Å². The van der Waals surface area contributed by atoms with E-state index in [4.69, 9.17) is 54.5 Å². The molecule has 0 fully saturated rings. The predicted molar refractivity (Wildman–Crippen MR) is 210 cm³/mol. The summed E-state index contributed by atoms with van der Waals surface area (Å²) in [5.74, 6) is -0.244. The molecule has 8 heteroatoms. The van der Waals surface area contributed by atoms with Gasteiger partial charge in [-0.15, -0.1) is 0 Å². The Bertz CT molecular complexity index is 2380. The second-order valence-electron chi connectivity index (χ2n) is 11.9. The van der Waals surface area contributed by atoms with E-state index in [1.807, 2.05) is 158 Å². The van der Waals surface area contributed by atoms with Gasteiger partial charge in [0, 0.05) is 33.4 Å². The monoisotopic (exact) mass is 722 g/mol. The lowest BCUT2D eigenvalue weighted by Gasteiger charge is -2.30. The summed E-state index contributed by atoms with van der Waals surface area (Å²) in [4.78, 5) is 16.7. The van der Waals surface area contributed by atoms with E-state index in [9.17, 15) is 0 Å². The van der Waals surface area contributed by atoms with Crippen LogP contribution in [0.3, 0.4) is 0 Å². The Labute approximate surface area is 311 Å². The molecule has 51 heavy (non-hydrogen) atoms. The number of hydrogen-bond acceptors (Lipinski definition) is 4. The number of benzene rings is 6. The highest BCUT2D eigenvalue weighted by atomic mass is 35.5. The van der Waals surface area contributed by atoms with Crippen LogP contribution in [0.1, 0.15) is 16.7 Å². The molecule has 0 radical (unpaired) electrons. The number of halogens is 3. The van der Waals surface area contributed by atoms with Crippen molar-refractivity contribution in [2.24, 2.45) is 9.98 Å². The number of rotatable bonds is 8. The molecule has 0 spiro atoms. The summed E-state index contributed by atoms with van der Waals surface area (Å²) in [6, 6.07) is 51.0. The van der Waals surface area contributed by atoms with Crippen molar-refractivity contribution < 1.29 is 4.74 Å². The summed E-state index contributed by atoms with van der Waals surface area (Å²) < 4.78 is 7.63. The van der Waals surface area contributed by atoms with Crippen LogP contribution < -0.4 is 4.74 Å². The zero-order valence-corrected chi connectivity index (χ0v) is 29.6. The summed E-state index contributed by atoms with van der Waals surface area (Å²) in [6.45, 7) is 0. The quantitative estimate of drug-likeness (QED) is 0.157. The highest BCUT2D eigenvalue weighted by molar-refractivity contribution is 6.54. The molecule has 0 unspecified atom stereocenters. The number of hydrogen-bond donors (Lipinski definition) is 0. The summed E-state index contributed by atoms with van der Waals surface area (Å²) in [5, 5.41) is 1.55. The largest absolute Gasteiger partial charge is 0.497 e. The third-order valence-corrected chi connectivity index (χ3v) is 9.87. The molecule has 0 atom stereocenters. The Morgan fingerprint density at radius 3 is 1.53 bits per heavy atom. The SMILES string of the molecule is COc1ccc(-c2c(-c3ccccc3Cl)nc(-c3ccccc3Cl)n2C2(c3ccccc3Cl)N=C(c3ccccc3)C(c3ccccc3)=N2)cc1. The molecule has 5 nitrogen and oxygen atoms in total. The Morgan fingerprint density at radius 1 is 0.510 bits per heavy atom. The first-order valence-electron chi connectivity index (χ1n) is 16.3. The van der Waals surface area contributed by atoms with Crippen molar-refractivity contribution in [3.63, 3.8) is 0 Å². The lowest BCUT2D eigenvalue weighted by molar-refractivity contribution is 0.408. The van der Waals surface area contributed by atoms with Crippen LogP contribution in [0, 0.1) is 0 Å². The molecule has 0 saturated carbocycles. The molecule has 1 aromatic heterocycles. The van der Waals surface area contributed by atoms with E-state index < -0.39 is 5.79 Å². The molecule has 7 aromatic rings. The fourth-order valence-electron chi connectivity index (χ4n) is 6.51. The third kappa shape index (κ3) is 5.83. The van der Waals surface area contributed by atoms with Gasteiger partial charge < -0.3 is 4.74 Å². The first-order valence-corrected chi connectivity index (χ1v) is 17.5. The summed E-state index contributed by atoms with van der Waals surface area (Å²) in [7, 11) is 1.65. The predicted octanol–water partition coefficient (Wildman–Crippen LogP) is 11.5. The van der Waals surface area contributed by atoms with E-state index in [1.165, 1.54) is 0 Å². The first kappa shape index (κ1) is 32.7. The molecule has 0 amide bonds. The lowest BCUT2D eigenvalue weighted by Crippen LogP contribution is -2.31. The van der Waals surface area contributed by atoms with Crippen molar-refractivity contribution in [3.8, 4) is 39.7 Å². The highest BCUT2D eigenvalue weighted by Crippen LogP contribution is 2.49. The highest BCUT2D eigenvalue weighted by Gasteiger charge is 2.46. The first-order chi connectivity index (χ1) is 25.0. The van der Waals surface area contributed by atoms with E-state index in [1.54, 1.807) is 7.11 Å². The molecular weight excluding hydrogens is 695 g/mol. The molecule has 0 saturated heterocycles. The molecule has 248 valence electrons. The van der Waals surface area contributed by atoms with Crippen molar-refractivity contribution in [1.82, 2.24) is 9.55 Å². The van der Waals surface area contributed by atoms with E-state index in [2.05, 4.69) is 4.57 Å². The molecule has 0 N–H and O–H groups in total. The normalized spacial score (nSPS) is 13.5. The topological polar surface area (TPSA) is 51.8 Å². The summed E-state index contributed by atoms with van der Waals surface area (Å²) in [5.41, 5.74) is 7.52. The van der Waals surface area contributed by atoms with E-state index in [0.717, 1.165) is 27.9 Å². The lowest BCUT2D eigenvalue weighted by atomic mass is 10.0. The number of nitrogens with zero attached hydrogens (tertiary/aromatic N) is 4. The van der Waals surface area contributed by atoms with Crippen molar-refractivity contribution in [2.75, 3.05) is 7.11 Å². The molecule has 2 heterocycles. The molecule has 1 aliphatic heterocycles. The van der Waals surface area contributed by atoms with Gasteiger partial charge in [-0.3, -0.25) is 4.57 Å². The van der Waals surface area contributed by atoms with Gasteiger partial charge in [-0.1, -0.05) is 144 Å². The summed E-state index contributed by atoms with van der Waals surface area (Å²) >= 11 is 21.2. The van der Waals surface area contributed by atoms with Crippen LogP contribution in [0.5, 0.6) is 5.75 Å². The van der Waals surface area contributed by atoms with Gasteiger partial charge in [-0.05, 0) is 48.5 Å². The van der Waals surface area contributed by atoms with E-state index >= 15 is 0 Å². The fourth-order valence-corrected chi connectivity index (χ4v) is 7.22. The van der Waals surface area contributed by atoms with Crippen LogP contribution in [-0.2, 0) is 5.79 Å². The number of aromatic nitrogens is 2.